The van der Waals surface area contributed by atoms with Crippen LogP contribution in [0.3, 0.4) is 0 Å². The molecule has 0 aromatic rings. The summed E-state index contributed by atoms with van der Waals surface area (Å²) in [6.45, 7) is 2.46. The number of nitrogens with two attached hydrogens (primary N) is 1. The molecule has 0 spiro atoms. The Morgan fingerprint density at radius 1 is 1.80 bits per heavy atom. The van der Waals surface area contributed by atoms with Crippen molar-refractivity contribution in [3.63, 3.8) is 0 Å². The molecular formula is C7H13NO2. The second-order valence-electron chi connectivity index (χ2n) is 2.62. The van der Waals surface area contributed by atoms with Crippen LogP contribution in [0.2, 0.25) is 0 Å². The molecule has 0 saturated carbocycles. The second kappa shape index (κ2) is 3.03. The van der Waals surface area contributed by atoms with Crippen molar-refractivity contribution in [1.82, 2.24) is 0 Å². The number of rotatable bonds is 2. The van der Waals surface area contributed by atoms with Gasteiger partial charge in [0.1, 0.15) is 0 Å². The molecule has 0 aromatic heterocycles. The Hall–Kier alpha value is -0.540. The standard InChI is InChI=1S/C7H13NO2/c1-5(8)7(9)6-2-3-10-4-6/h4-5,7,9H,2-3,8H2,1H3. The molecule has 0 aromatic carbocycles. The van der Waals surface area contributed by atoms with Gasteiger partial charge in [-0.05, 0) is 12.5 Å². The van der Waals surface area contributed by atoms with Gasteiger partial charge in [0.25, 0.3) is 0 Å². The van der Waals surface area contributed by atoms with Crippen LogP contribution in [0, 0.1) is 0 Å². The molecule has 3 heteroatoms. The Bertz CT molecular complexity index is 143. The van der Waals surface area contributed by atoms with Gasteiger partial charge in [-0.2, -0.15) is 0 Å². The second-order valence-corrected chi connectivity index (χ2v) is 2.62. The topological polar surface area (TPSA) is 55.5 Å². The largest absolute Gasteiger partial charge is 0.501 e. The van der Waals surface area contributed by atoms with Gasteiger partial charge in [0, 0.05) is 12.5 Å². The van der Waals surface area contributed by atoms with Crippen LogP contribution < -0.4 is 5.73 Å². The highest BCUT2D eigenvalue weighted by Crippen LogP contribution is 2.15. The molecule has 1 rings (SSSR count). The van der Waals surface area contributed by atoms with Crippen molar-refractivity contribution in [3.05, 3.63) is 11.8 Å². The summed E-state index contributed by atoms with van der Waals surface area (Å²) < 4.78 is 4.95. The minimum Gasteiger partial charge on any atom is -0.501 e. The Morgan fingerprint density at radius 3 is 2.90 bits per heavy atom. The van der Waals surface area contributed by atoms with Crippen LogP contribution >= 0.6 is 0 Å². The summed E-state index contributed by atoms with van der Waals surface area (Å²) >= 11 is 0. The van der Waals surface area contributed by atoms with Gasteiger partial charge >= 0.3 is 0 Å². The van der Waals surface area contributed by atoms with Crippen LogP contribution in [0.4, 0.5) is 0 Å². The maximum absolute atomic E-state index is 9.35. The van der Waals surface area contributed by atoms with E-state index in [-0.39, 0.29) is 6.04 Å². The fourth-order valence-corrected chi connectivity index (χ4v) is 0.957. The predicted octanol–water partition coefficient (Wildman–Crippen LogP) is -0.00130. The van der Waals surface area contributed by atoms with E-state index < -0.39 is 6.10 Å². The number of hydrogen-bond acceptors (Lipinski definition) is 3. The predicted molar refractivity (Wildman–Crippen MR) is 38.3 cm³/mol. The molecule has 2 unspecified atom stereocenters. The lowest BCUT2D eigenvalue weighted by atomic mass is 10.0. The van der Waals surface area contributed by atoms with Crippen LogP contribution in [-0.4, -0.2) is 23.9 Å². The van der Waals surface area contributed by atoms with Crippen LogP contribution in [-0.2, 0) is 4.74 Å². The summed E-state index contributed by atoms with van der Waals surface area (Å²) in [4.78, 5) is 0. The van der Waals surface area contributed by atoms with Gasteiger partial charge in [0.15, 0.2) is 0 Å². The van der Waals surface area contributed by atoms with Crippen molar-refractivity contribution in [2.45, 2.75) is 25.5 Å². The fourth-order valence-electron chi connectivity index (χ4n) is 0.957. The Morgan fingerprint density at radius 2 is 2.50 bits per heavy atom. The molecule has 0 fully saturated rings. The van der Waals surface area contributed by atoms with Crippen molar-refractivity contribution >= 4 is 0 Å². The zero-order valence-electron chi connectivity index (χ0n) is 6.08. The monoisotopic (exact) mass is 143 g/mol. The third-order valence-corrected chi connectivity index (χ3v) is 1.62. The lowest BCUT2D eigenvalue weighted by molar-refractivity contribution is 0.184. The van der Waals surface area contributed by atoms with Gasteiger partial charge in [0.05, 0.1) is 19.0 Å². The van der Waals surface area contributed by atoms with E-state index in [2.05, 4.69) is 0 Å². The first kappa shape index (κ1) is 7.57. The van der Waals surface area contributed by atoms with Gasteiger partial charge in [-0.1, -0.05) is 0 Å². The van der Waals surface area contributed by atoms with E-state index in [9.17, 15) is 5.11 Å². The molecule has 1 aliphatic rings. The highest BCUT2D eigenvalue weighted by atomic mass is 16.5. The molecule has 3 N–H and O–H groups in total. The molecule has 0 saturated heterocycles. The summed E-state index contributed by atoms with van der Waals surface area (Å²) in [6, 6.07) is -0.201. The Labute approximate surface area is 60.5 Å². The maximum Gasteiger partial charge on any atom is 0.0931 e. The maximum atomic E-state index is 9.35. The molecule has 0 bridgehead atoms. The molecule has 0 amide bonds. The van der Waals surface area contributed by atoms with Crippen molar-refractivity contribution < 1.29 is 9.84 Å². The quantitative estimate of drug-likeness (QED) is 0.572. The summed E-state index contributed by atoms with van der Waals surface area (Å²) in [7, 11) is 0. The van der Waals surface area contributed by atoms with Crippen LogP contribution in [0.15, 0.2) is 11.8 Å². The highest BCUT2D eigenvalue weighted by molar-refractivity contribution is 5.10. The van der Waals surface area contributed by atoms with Gasteiger partial charge in [-0.3, -0.25) is 0 Å². The molecule has 0 radical (unpaired) electrons. The molecule has 0 aliphatic carbocycles. The minimum atomic E-state index is -0.525. The van der Waals surface area contributed by atoms with Gasteiger partial charge in [-0.15, -0.1) is 0 Å². The molecule has 1 aliphatic heterocycles. The molecule has 10 heavy (non-hydrogen) atoms. The van der Waals surface area contributed by atoms with Crippen LogP contribution in [0.5, 0.6) is 0 Å². The lowest BCUT2D eigenvalue weighted by Crippen LogP contribution is -2.32. The van der Waals surface area contributed by atoms with Crippen LogP contribution in [0.25, 0.3) is 0 Å². The summed E-state index contributed by atoms with van der Waals surface area (Å²) in [5, 5.41) is 9.35. The Kier molecular flexibility index (Phi) is 2.29. The number of hydrogen-bond donors (Lipinski definition) is 2. The third-order valence-electron chi connectivity index (χ3n) is 1.62. The molecule has 1 heterocycles. The van der Waals surface area contributed by atoms with Gasteiger partial charge < -0.3 is 15.6 Å². The fraction of sp³-hybridized carbons (Fsp3) is 0.714. The van der Waals surface area contributed by atoms with Crippen molar-refractivity contribution in [2.75, 3.05) is 6.61 Å². The average Bonchev–Trinajstić information content (AvgIpc) is 2.36. The minimum absolute atomic E-state index is 0.201. The van der Waals surface area contributed by atoms with E-state index in [4.69, 9.17) is 10.5 Å². The Balaban J connectivity index is 2.47. The molecule has 3 nitrogen and oxygen atoms in total. The smallest absolute Gasteiger partial charge is 0.0931 e. The first-order chi connectivity index (χ1) is 4.72. The molecule has 2 atom stereocenters. The summed E-state index contributed by atoms with van der Waals surface area (Å²) in [5.41, 5.74) is 6.38. The first-order valence-corrected chi connectivity index (χ1v) is 3.46. The highest BCUT2D eigenvalue weighted by Gasteiger charge is 2.18. The van der Waals surface area contributed by atoms with E-state index in [1.54, 1.807) is 13.2 Å². The number of aliphatic hydroxyl groups is 1. The zero-order chi connectivity index (χ0) is 7.56. The number of aliphatic hydroxyl groups excluding tert-OH is 1. The van der Waals surface area contributed by atoms with E-state index in [1.165, 1.54) is 0 Å². The van der Waals surface area contributed by atoms with Crippen LogP contribution in [0.1, 0.15) is 13.3 Å². The zero-order valence-corrected chi connectivity index (χ0v) is 6.08. The van der Waals surface area contributed by atoms with E-state index >= 15 is 0 Å². The van der Waals surface area contributed by atoms with Gasteiger partial charge in [-0.25, -0.2) is 0 Å². The van der Waals surface area contributed by atoms with Crippen molar-refractivity contribution in [2.24, 2.45) is 5.73 Å². The van der Waals surface area contributed by atoms with E-state index in [1.807, 2.05) is 0 Å². The summed E-state index contributed by atoms with van der Waals surface area (Å²) in [5.74, 6) is 0. The first-order valence-electron chi connectivity index (χ1n) is 3.46. The third kappa shape index (κ3) is 1.49. The normalized spacial score (nSPS) is 23.3. The molecular weight excluding hydrogens is 130 g/mol. The lowest BCUT2D eigenvalue weighted by Gasteiger charge is -2.13. The van der Waals surface area contributed by atoms with Gasteiger partial charge in [0.2, 0.25) is 0 Å². The number of ether oxygens (including phenoxy) is 1. The van der Waals surface area contributed by atoms with E-state index in [0.717, 1.165) is 12.0 Å². The molecule has 58 valence electrons. The van der Waals surface area contributed by atoms with E-state index in [0.29, 0.717) is 6.61 Å². The SMILES string of the molecule is CC(N)C(O)C1=COCC1. The van der Waals surface area contributed by atoms with Crippen molar-refractivity contribution in [1.29, 1.82) is 0 Å². The summed E-state index contributed by atoms with van der Waals surface area (Å²) in [6.07, 6.45) is 1.89. The average molecular weight is 143 g/mol. The van der Waals surface area contributed by atoms with Crippen molar-refractivity contribution in [3.8, 4) is 0 Å².